The van der Waals surface area contributed by atoms with E-state index in [0.717, 1.165) is 56.1 Å². The van der Waals surface area contributed by atoms with Crippen molar-refractivity contribution in [2.75, 3.05) is 0 Å². The summed E-state index contributed by atoms with van der Waals surface area (Å²) in [7, 11) is 0. The van der Waals surface area contributed by atoms with E-state index in [-0.39, 0.29) is 11.3 Å². The lowest BCUT2D eigenvalue weighted by atomic mass is 9.43. The van der Waals surface area contributed by atoms with Gasteiger partial charge in [0.15, 0.2) is 0 Å². The first-order valence-corrected chi connectivity index (χ1v) is 13.8. The number of carbonyl (C=O) groups excluding carboxylic acids is 1. The maximum Gasteiger partial charge on any atom is 0.142 e. The minimum atomic E-state index is -0.431. The smallest absolute Gasteiger partial charge is 0.142 e. The Hall–Kier alpha value is -1.73. The van der Waals surface area contributed by atoms with E-state index in [1.165, 1.54) is 32.1 Å². The van der Waals surface area contributed by atoms with Crippen LogP contribution in [0.1, 0.15) is 103 Å². The second kappa shape index (κ2) is 8.74. The molecule has 0 aliphatic heterocycles. The fourth-order valence-corrected chi connectivity index (χ4v) is 9.44. The van der Waals surface area contributed by atoms with Gasteiger partial charge in [-0.1, -0.05) is 27.2 Å². The summed E-state index contributed by atoms with van der Waals surface area (Å²) in [5.41, 5.74) is 1.38. The minimum Gasteiger partial charge on any atom is -0.390 e. The van der Waals surface area contributed by atoms with Crippen molar-refractivity contribution in [2.24, 2.45) is 40.4 Å². The molecule has 0 amide bonds. The zero-order chi connectivity index (χ0) is 24.1. The van der Waals surface area contributed by atoms with Gasteiger partial charge in [-0.25, -0.2) is 0 Å². The molecule has 4 aliphatic carbocycles. The molecule has 5 rings (SSSR count). The quantitative estimate of drug-likeness (QED) is 0.561. The number of aromatic nitrogens is 1. The van der Waals surface area contributed by atoms with Gasteiger partial charge in [0.05, 0.1) is 11.2 Å². The molecule has 0 aromatic carbocycles. The van der Waals surface area contributed by atoms with E-state index in [2.05, 4.69) is 31.8 Å². The third kappa shape index (κ3) is 3.83. The number of fused-ring (bicyclic) bond motifs is 5. The number of Topliss-reactive ketones (excluding diaryl/α,β-unsaturated/α-hetero) is 1. The van der Waals surface area contributed by atoms with Crippen molar-refractivity contribution in [3.8, 4) is 6.07 Å². The van der Waals surface area contributed by atoms with Crippen molar-refractivity contribution in [1.29, 1.82) is 5.26 Å². The molecule has 0 radical (unpaired) electrons. The Morgan fingerprint density at radius 1 is 1.09 bits per heavy atom. The van der Waals surface area contributed by atoms with E-state index in [1.807, 2.05) is 6.07 Å². The molecular weight excluding hydrogens is 420 g/mol. The summed E-state index contributed by atoms with van der Waals surface area (Å²) < 4.78 is 0. The number of rotatable bonds is 5. The molecular formula is C30H42N2O2. The van der Waals surface area contributed by atoms with Crippen molar-refractivity contribution in [3.05, 3.63) is 29.6 Å². The number of pyridine rings is 1. The first-order valence-electron chi connectivity index (χ1n) is 13.8. The summed E-state index contributed by atoms with van der Waals surface area (Å²) in [4.78, 5) is 17.8. The Morgan fingerprint density at radius 2 is 1.88 bits per heavy atom. The van der Waals surface area contributed by atoms with Crippen LogP contribution in [0.5, 0.6) is 0 Å². The number of carbonyl (C=O) groups is 1. The van der Waals surface area contributed by atoms with E-state index in [9.17, 15) is 9.90 Å². The molecule has 34 heavy (non-hydrogen) atoms. The standard InChI is InChI=1S/C30H42N2O2/c1-4-12-30(34)15-14-28(2)21(17-30)6-8-23-24-9-10-26(29(24,3)13-11-25(23)28)27(33)16-22-7-5-20(18-31)19-32-22/h5,7,19,21,23-26,34H,4,6,8-17H2,1-3H3/t21-,23+,24+,25+,26-,28+,29+,30-/m1/s1. The van der Waals surface area contributed by atoms with Crippen LogP contribution < -0.4 is 0 Å². The van der Waals surface area contributed by atoms with Gasteiger partial charge in [0.1, 0.15) is 11.9 Å². The predicted molar refractivity (Wildman–Crippen MR) is 133 cm³/mol. The summed E-state index contributed by atoms with van der Waals surface area (Å²) in [6, 6.07) is 5.71. The number of nitriles is 1. The third-order valence-electron chi connectivity index (χ3n) is 11.2. The second-order valence-electron chi connectivity index (χ2n) is 12.8. The van der Waals surface area contributed by atoms with Crippen molar-refractivity contribution in [3.63, 3.8) is 0 Å². The summed E-state index contributed by atoms with van der Waals surface area (Å²) in [6.07, 6.45) is 14.3. The fraction of sp³-hybridized carbons (Fsp3) is 0.767. The molecule has 0 unspecified atom stereocenters. The van der Waals surface area contributed by atoms with Gasteiger partial charge >= 0.3 is 0 Å². The van der Waals surface area contributed by atoms with Gasteiger partial charge in [-0.05, 0) is 111 Å². The largest absolute Gasteiger partial charge is 0.390 e. The second-order valence-corrected chi connectivity index (χ2v) is 12.8. The normalized spacial score (nSPS) is 43.3. The van der Waals surface area contributed by atoms with Gasteiger partial charge < -0.3 is 5.11 Å². The van der Waals surface area contributed by atoms with Crippen molar-refractivity contribution < 1.29 is 9.90 Å². The summed E-state index contributed by atoms with van der Waals surface area (Å²) in [5, 5.41) is 20.2. The van der Waals surface area contributed by atoms with Crippen molar-refractivity contribution >= 4 is 5.78 Å². The number of aliphatic hydroxyl groups is 1. The van der Waals surface area contributed by atoms with Crippen LogP contribution in [0, 0.1) is 51.8 Å². The van der Waals surface area contributed by atoms with Crippen LogP contribution in [0.3, 0.4) is 0 Å². The van der Waals surface area contributed by atoms with Crippen LogP contribution in [-0.2, 0) is 11.2 Å². The maximum atomic E-state index is 13.5. The van der Waals surface area contributed by atoms with Crippen LogP contribution in [-0.4, -0.2) is 21.5 Å². The molecule has 1 aromatic rings. The predicted octanol–water partition coefficient (Wildman–Crippen LogP) is 6.25. The maximum absolute atomic E-state index is 13.5. The molecule has 4 saturated carbocycles. The number of hydrogen-bond acceptors (Lipinski definition) is 4. The van der Waals surface area contributed by atoms with Gasteiger partial charge in [-0.2, -0.15) is 5.26 Å². The highest BCUT2D eigenvalue weighted by Gasteiger charge is 2.61. The first-order chi connectivity index (χ1) is 16.2. The Morgan fingerprint density at radius 3 is 2.59 bits per heavy atom. The Kier molecular flexibility index (Phi) is 6.16. The first kappa shape index (κ1) is 24.0. The fourth-order valence-electron chi connectivity index (χ4n) is 9.44. The number of nitrogens with zero attached hydrogens (tertiary/aromatic N) is 2. The van der Waals surface area contributed by atoms with Crippen molar-refractivity contribution in [1.82, 2.24) is 4.98 Å². The average molecular weight is 463 g/mol. The molecule has 1 heterocycles. The summed E-state index contributed by atoms with van der Waals surface area (Å²) in [5.74, 6) is 3.30. The van der Waals surface area contributed by atoms with Crippen LogP contribution in [0.15, 0.2) is 18.3 Å². The molecule has 4 fully saturated rings. The lowest BCUT2D eigenvalue weighted by molar-refractivity contribution is -0.155. The molecule has 1 aromatic heterocycles. The highest BCUT2D eigenvalue weighted by Crippen LogP contribution is 2.68. The van der Waals surface area contributed by atoms with Gasteiger partial charge in [0.2, 0.25) is 0 Å². The van der Waals surface area contributed by atoms with Crippen molar-refractivity contribution in [2.45, 2.75) is 103 Å². The zero-order valence-corrected chi connectivity index (χ0v) is 21.4. The SMILES string of the molecule is CCC[C@@]1(O)CC[C@@]2(C)[C@H](CC[C@@H]3[C@@H]2CC[C@]2(C)[C@@H](C(=O)Cc4ccc(C#N)cn4)CC[C@@H]32)C1. The molecule has 0 saturated heterocycles. The van der Waals surface area contributed by atoms with Gasteiger partial charge in [-0.3, -0.25) is 9.78 Å². The van der Waals surface area contributed by atoms with Gasteiger partial charge in [0, 0.05) is 24.2 Å². The molecule has 0 spiro atoms. The highest BCUT2D eigenvalue weighted by atomic mass is 16.3. The molecule has 184 valence electrons. The Labute approximate surface area is 205 Å². The van der Waals surface area contributed by atoms with E-state index >= 15 is 0 Å². The molecule has 4 nitrogen and oxygen atoms in total. The highest BCUT2D eigenvalue weighted by molar-refractivity contribution is 5.84. The van der Waals surface area contributed by atoms with E-state index in [4.69, 9.17) is 5.26 Å². The van der Waals surface area contributed by atoms with Crippen LogP contribution in [0.2, 0.25) is 0 Å². The Balaban J connectivity index is 1.30. The topological polar surface area (TPSA) is 74.0 Å². The van der Waals surface area contributed by atoms with E-state index < -0.39 is 5.60 Å². The molecule has 1 N–H and O–H groups in total. The average Bonchev–Trinajstić information content (AvgIpc) is 3.18. The number of hydrogen-bond donors (Lipinski definition) is 1. The van der Waals surface area contributed by atoms with Gasteiger partial charge in [-0.15, -0.1) is 0 Å². The summed E-state index contributed by atoms with van der Waals surface area (Å²) >= 11 is 0. The molecule has 4 heteroatoms. The van der Waals surface area contributed by atoms with Crippen LogP contribution in [0.4, 0.5) is 0 Å². The van der Waals surface area contributed by atoms with E-state index in [1.54, 1.807) is 12.3 Å². The molecule has 4 aliphatic rings. The summed E-state index contributed by atoms with van der Waals surface area (Å²) in [6.45, 7) is 7.17. The molecule has 0 bridgehead atoms. The van der Waals surface area contributed by atoms with Crippen LogP contribution >= 0.6 is 0 Å². The monoisotopic (exact) mass is 462 g/mol. The van der Waals surface area contributed by atoms with Gasteiger partial charge in [0.25, 0.3) is 0 Å². The van der Waals surface area contributed by atoms with Crippen LogP contribution in [0.25, 0.3) is 0 Å². The zero-order valence-electron chi connectivity index (χ0n) is 21.4. The minimum absolute atomic E-state index is 0.117. The molecule has 8 atom stereocenters. The Bertz CT molecular complexity index is 967. The number of ketones is 1. The van der Waals surface area contributed by atoms with E-state index in [0.29, 0.717) is 35.0 Å². The lowest BCUT2D eigenvalue weighted by Gasteiger charge is -2.62. The lowest BCUT2D eigenvalue weighted by Crippen LogP contribution is -2.56. The third-order valence-corrected chi connectivity index (χ3v) is 11.2.